The second-order valence-corrected chi connectivity index (χ2v) is 16.7. The van der Waals surface area contributed by atoms with Crippen LogP contribution in [0.15, 0.2) is 223 Å². The first kappa shape index (κ1) is 36.6. The van der Waals surface area contributed by atoms with Crippen LogP contribution in [-0.4, -0.2) is 15.0 Å². The number of nitrogens with zero attached hydrogens (tertiary/aromatic N) is 4. The summed E-state index contributed by atoms with van der Waals surface area (Å²) in [5, 5.41) is 4.51. The third-order valence-electron chi connectivity index (χ3n) is 11.7. The lowest BCUT2D eigenvalue weighted by molar-refractivity contribution is 0.669. The molecule has 0 aliphatic carbocycles. The van der Waals surface area contributed by atoms with E-state index in [1.807, 2.05) is 42.5 Å². The van der Waals surface area contributed by atoms with Crippen LogP contribution in [0.2, 0.25) is 0 Å². The van der Waals surface area contributed by atoms with Gasteiger partial charge in [-0.15, -0.1) is 11.3 Å². The highest BCUT2D eigenvalue weighted by molar-refractivity contribution is 7.25. The van der Waals surface area contributed by atoms with Gasteiger partial charge < -0.3 is 9.32 Å². The summed E-state index contributed by atoms with van der Waals surface area (Å²) < 4.78 is 9.19. The summed E-state index contributed by atoms with van der Waals surface area (Å²) >= 11 is 1.79. The number of aromatic nitrogens is 3. The smallest absolute Gasteiger partial charge is 0.164 e. The first-order valence-electron chi connectivity index (χ1n) is 21.0. The average Bonchev–Trinajstić information content (AvgIpc) is 3.93. The molecule has 0 aliphatic rings. The van der Waals surface area contributed by atoms with Crippen LogP contribution in [0.3, 0.4) is 0 Å². The normalized spacial score (nSPS) is 11.5. The van der Waals surface area contributed by atoms with Crippen molar-refractivity contribution in [2.45, 2.75) is 0 Å². The minimum Gasteiger partial charge on any atom is -0.456 e. The third kappa shape index (κ3) is 6.70. The highest BCUT2D eigenvalue weighted by atomic mass is 32.1. The zero-order valence-electron chi connectivity index (χ0n) is 33.9. The Morgan fingerprint density at radius 2 is 0.810 bits per heavy atom. The maximum atomic E-state index is 6.74. The fourth-order valence-electron chi connectivity index (χ4n) is 8.65. The summed E-state index contributed by atoms with van der Waals surface area (Å²) in [7, 11) is 0. The van der Waals surface area contributed by atoms with Gasteiger partial charge in [-0.3, -0.25) is 0 Å². The van der Waals surface area contributed by atoms with Crippen LogP contribution in [0.25, 0.3) is 98.5 Å². The maximum absolute atomic E-state index is 6.74. The van der Waals surface area contributed by atoms with Crippen molar-refractivity contribution in [3.05, 3.63) is 218 Å². The van der Waals surface area contributed by atoms with E-state index in [0.29, 0.717) is 17.5 Å². The molecular weight excluding hydrogens is 789 g/mol. The first-order valence-corrected chi connectivity index (χ1v) is 21.8. The van der Waals surface area contributed by atoms with E-state index >= 15 is 0 Å². The molecule has 0 amide bonds. The number of thiophene rings is 1. The van der Waals surface area contributed by atoms with Gasteiger partial charge in [-0.05, 0) is 76.9 Å². The van der Waals surface area contributed by atoms with Gasteiger partial charge >= 0.3 is 0 Å². The van der Waals surface area contributed by atoms with E-state index < -0.39 is 0 Å². The zero-order valence-corrected chi connectivity index (χ0v) is 34.7. The molecule has 0 radical (unpaired) electrons. The molecular formula is C57H36N4OS. The predicted molar refractivity (Wildman–Crippen MR) is 262 cm³/mol. The number of anilines is 3. The minimum absolute atomic E-state index is 0.553. The highest BCUT2D eigenvalue weighted by Gasteiger charge is 2.23. The van der Waals surface area contributed by atoms with Crippen LogP contribution >= 0.6 is 11.3 Å². The van der Waals surface area contributed by atoms with Crippen molar-refractivity contribution < 1.29 is 4.42 Å². The van der Waals surface area contributed by atoms with Gasteiger partial charge in [0.15, 0.2) is 17.5 Å². The van der Waals surface area contributed by atoms with Gasteiger partial charge in [0.05, 0.1) is 11.1 Å². The molecule has 9 aromatic carbocycles. The van der Waals surface area contributed by atoms with E-state index in [2.05, 4.69) is 181 Å². The molecule has 0 unspecified atom stereocenters. The Labute approximate surface area is 367 Å². The number of hydrogen-bond acceptors (Lipinski definition) is 6. The van der Waals surface area contributed by atoms with E-state index in [-0.39, 0.29) is 0 Å². The topological polar surface area (TPSA) is 55.1 Å². The Bertz CT molecular complexity index is 3520. The fraction of sp³-hybridized carbons (Fsp3) is 0. The lowest BCUT2D eigenvalue weighted by atomic mass is 10.0. The maximum Gasteiger partial charge on any atom is 0.164 e. The molecule has 0 N–H and O–H groups in total. The molecule has 12 rings (SSSR count). The molecule has 0 atom stereocenters. The molecule has 6 heteroatoms. The monoisotopic (exact) mass is 824 g/mol. The third-order valence-corrected chi connectivity index (χ3v) is 12.9. The molecule has 12 aromatic rings. The number of rotatable bonds is 8. The zero-order chi connectivity index (χ0) is 41.7. The van der Waals surface area contributed by atoms with E-state index in [0.717, 1.165) is 66.8 Å². The van der Waals surface area contributed by atoms with Gasteiger partial charge in [-0.2, -0.15) is 0 Å². The van der Waals surface area contributed by atoms with Crippen LogP contribution in [-0.2, 0) is 0 Å². The van der Waals surface area contributed by atoms with Crippen LogP contribution in [0.4, 0.5) is 17.1 Å². The van der Waals surface area contributed by atoms with Crippen molar-refractivity contribution in [1.82, 2.24) is 15.0 Å². The van der Waals surface area contributed by atoms with Crippen LogP contribution in [0, 0.1) is 0 Å². The highest BCUT2D eigenvalue weighted by Crippen LogP contribution is 2.46. The quantitative estimate of drug-likeness (QED) is 0.153. The van der Waals surface area contributed by atoms with E-state index in [9.17, 15) is 0 Å². The summed E-state index contributed by atoms with van der Waals surface area (Å²) in [6.07, 6.45) is 0. The SMILES string of the molecule is c1ccc(-c2ccc(N(c3ccc(-c4ccccc4)cc3)c3cc(-c4nc(-c5ccccc5)nc(-c5ccc6c(c5)sc5ccccc56)n4)cc4oc5ccccc5c34)cc2)cc1. The van der Waals surface area contributed by atoms with E-state index in [1.165, 1.54) is 31.3 Å². The Hall–Kier alpha value is -8.19. The molecule has 0 bridgehead atoms. The molecule has 296 valence electrons. The molecule has 3 heterocycles. The fourth-order valence-corrected chi connectivity index (χ4v) is 9.79. The number of hydrogen-bond donors (Lipinski definition) is 0. The molecule has 63 heavy (non-hydrogen) atoms. The van der Waals surface area contributed by atoms with Crippen molar-refractivity contribution in [3.63, 3.8) is 0 Å². The number of para-hydroxylation sites is 1. The van der Waals surface area contributed by atoms with Gasteiger partial charge in [0.1, 0.15) is 11.2 Å². The molecule has 0 saturated heterocycles. The number of furan rings is 1. The molecule has 0 saturated carbocycles. The summed E-state index contributed by atoms with van der Waals surface area (Å²) in [5.41, 5.74) is 11.8. The Kier molecular flexibility index (Phi) is 8.94. The number of fused-ring (bicyclic) bond motifs is 6. The first-order chi connectivity index (χ1) is 31.2. The Morgan fingerprint density at radius 3 is 1.44 bits per heavy atom. The molecule has 3 aromatic heterocycles. The van der Waals surface area contributed by atoms with Crippen molar-refractivity contribution in [3.8, 4) is 56.4 Å². The van der Waals surface area contributed by atoms with Crippen molar-refractivity contribution >= 4 is 70.5 Å². The molecule has 5 nitrogen and oxygen atoms in total. The van der Waals surface area contributed by atoms with Gasteiger partial charge in [0.2, 0.25) is 0 Å². The Balaban J connectivity index is 1.08. The number of benzene rings is 9. The van der Waals surface area contributed by atoms with Crippen LogP contribution in [0.5, 0.6) is 0 Å². The summed E-state index contributed by atoms with van der Waals surface area (Å²) in [6, 6.07) is 76.4. The van der Waals surface area contributed by atoms with Crippen molar-refractivity contribution in [1.29, 1.82) is 0 Å². The van der Waals surface area contributed by atoms with Gasteiger partial charge in [-0.1, -0.05) is 164 Å². The lowest BCUT2D eigenvalue weighted by Crippen LogP contribution is -2.11. The van der Waals surface area contributed by atoms with Crippen molar-refractivity contribution in [2.24, 2.45) is 0 Å². The molecule has 0 aliphatic heterocycles. The summed E-state index contributed by atoms with van der Waals surface area (Å²) in [5.74, 6) is 1.76. The largest absolute Gasteiger partial charge is 0.456 e. The summed E-state index contributed by atoms with van der Waals surface area (Å²) in [4.78, 5) is 17.9. The predicted octanol–water partition coefficient (Wildman–Crippen LogP) is 15.9. The minimum atomic E-state index is 0.553. The van der Waals surface area contributed by atoms with Gasteiger partial charge in [0, 0.05) is 53.6 Å². The van der Waals surface area contributed by atoms with Crippen LogP contribution < -0.4 is 4.90 Å². The standard InChI is InChI=1S/C57H36N4OS/c1-4-14-37(15-5-1)39-24-29-44(30-25-39)61(45-31-26-40(27-32-45)38-16-6-2-7-17-38)49-34-43(35-51-54(49)48-21-10-12-22-50(48)62-51)57-59-55(41-18-8-3-9-19-41)58-56(60-57)42-28-33-47-46-20-11-13-23-52(46)63-53(47)36-42/h1-36H. The van der Waals surface area contributed by atoms with E-state index in [4.69, 9.17) is 19.4 Å². The molecule has 0 fully saturated rings. The van der Waals surface area contributed by atoms with Gasteiger partial charge in [-0.25, -0.2) is 15.0 Å². The Morgan fingerprint density at radius 1 is 0.333 bits per heavy atom. The average molecular weight is 825 g/mol. The van der Waals surface area contributed by atoms with E-state index in [1.54, 1.807) is 11.3 Å². The lowest BCUT2D eigenvalue weighted by Gasteiger charge is -2.27. The van der Waals surface area contributed by atoms with Crippen LogP contribution in [0.1, 0.15) is 0 Å². The molecule has 0 spiro atoms. The second-order valence-electron chi connectivity index (χ2n) is 15.6. The van der Waals surface area contributed by atoms with Gasteiger partial charge in [0.25, 0.3) is 0 Å². The second kappa shape index (κ2) is 15.4. The van der Waals surface area contributed by atoms with Crippen molar-refractivity contribution in [2.75, 3.05) is 4.90 Å². The summed E-state index contributed by atoms with van der Waals surface area (Å²) in [6.45, 7) is 0.